The number of carboxylic acid groups (broad SMARTS) is 1. The maximum absolute atomic E-state index is 12.4. The highest BCUT2D eigenvalue weighted by molar-refractivity contribution is 5.93. The first-order chi connectivity index (χ1) is 13.7. The number of aromatic amines is 1. The first-order valence-electron chi connectivity index (χ1n) is 9.27. The molecule has 1 aromatic heterocycles. The van der Waals surface area contributed by atoms with Crippen LogP contribution in [0.2, 0.25) is 0 Å². The van der Waals surface area contributed by atoms with Crippen LogP contribution in [0.4, 0.5) is 0 Å². The average Bonchev–Trinajstić information content (AvgIpc) is 3.18. The van der Waals surface area contributed by atoms with E-state index in [0.717, 1.165) is 6.42 Å². The van der Waals surface area contributed by atoms with E-state index in [-0.39, 0.29) is 6.42 Å². The number of nitrogens with zero attached hydrogens (tertiary/aromatic N) is 1. The zero-order valence-electron chi connectivity index (χ0n) is 16.3. The minimum atomic E-state index is -1.21. The van der Waals surface area contributed by atoms with Crippen LogP contribution in [-0.4, -0.2) is 70.0 Å². The molecule has 1 heterocycles. The number of amides is 3. The van der Waals surface area contributed by atoms with Crippen LogP contribution in [0.5, 0.6) is 0 Å². The van der Waals surface area contributed by atoms with Gasteiger partial charge in [-0.2, -0.15) is 0 Å². The Morgan fingerprint density at radius 2 is 1.90 bits per heavy atom. The third kappa shape index (κ3) is 9.17. The second kappa shape index (κ2) is 12.5. The molecule has 1 aromatic rings. The Hall–Kier alpha value is -2.99. The summed E-state index contributed by atoms with van der Waals surface area (Å²) in [7, 11) is 0. The fourth-order valence-corrected chi connectivity index (χ4v) is 2.43. The van der Waals surface area contributed by atoms with Crippen molar-refractivity contribution in [1.29, 1.82) is 0 Å². The highest BCUT2D eigenvalue weighted by Gasteiger charge is 2.26. The van der Waals surface area contributed by atoms with E-state index >= 15 is 0 Å². The summed E-state index contributed by atoms with van der Waals surface area (Å²) in [6, 6.07) is -2.77. The largest absolute Gasteiger partial charge is 0.480 e. The number of carbonyl (C=O) groups is 4. The van der Waals surface area contributed by atoms with Gasteiger partial charge in [-0.05, 0) is 26.3 Å². The van der Waals surface area contributed by atoms with Gasteiger partial charge in [0.2, 0.25) is 17.7 Å². The number of carboxylic acids is 1. The normalized spacial score (nSPS) is 13.8. The van der Waals surface area contributed by atoms with Crippen molar-refractivity contribution < 1.29 is 24.3 Å². The summed E-state index contributed by atoms with van der Waals surface area (Å²) < 4.78 is 0. The van der Waals surface area contributed by atoms with E-state index in [2.05, 4.69) is 25.9 Å². The third-order valence-corrected chi connectivity index (χ3v) is 4.08. The van der Waals surface area contributed by atoms with E-state index in [4.69, 9.17) is 16.6 Å². The molecule has 3 unspecified atom stereocenters. The first kappa shape index (κ1) is 24.0. The fourth-order valence-electron chi connectivity index (χ4n) is 2.43. The number of nitrogens with two attached hydrogens (primary N) is 2. The molecule has 0 saturated heterocycles. The minimum Gasteiger partial charge on any atom is -0.480 e. The SMILES string of the molecule is CC(NC(=O)C(N)CCCCN)C(=O)NC(Cc1cnc[nH]1)C(=O)NCC(=O)O. The lowest BCUT2D eigenvalue weighted by molar-refractivity contribution is -0.138. The molecule has 3 atom stereocenters. The van der Waals surface area contributed by atoms with Gasteiger partial charge in [0.05, 0.1) is 12.4 Å². The molecule has 12 nitrogen and oxygen atoms in total. The number of hydrogen-bond donors (Lipinski definition) is 7. The molecule has 29 heavy (non-hydrogen) atoms. The molecular weight excluding hydrogens is 382 g/mol. The van der Waals surface area contributed by atoms with E-state index in [1.165, 1.54) is 19.4 Å². The zero-order chi connectivity index (χ0) is 21.8. The van der Waals surface area contributed by atoms with Crippen molar-refractivity contribution >= 4 is 23.7 Å². The predicted octanol–water partition coefficient (Wildman–Crippen LogP) is -2.40. The Kier molecular flexibility index (Phi) is 10.3. The Balaban J connectivity index is 2.65. The summed E-state index contributed by atoms with van der Waals surface area (Å²) in [5.41, 5.74) is 11.8. The number of imidazole rings is 1. The average molecular weight is 411 g/mol. The van der Waals surface area contributed by atoms with Crippen molar-refractivity contribution in [3.8, 4) is 0 Å². The van der Waals surface area contributed by atoms with Gasteiger partial charge in [-0.1, -0.05) is 6.42 Å². The summed E-state index contributed by atoms with van der Waals surface area (Å²) in [4.78, 5) is 54.1. The number of rotatable bonds is 13. The van der Waals surface area contributed by atoms with Gasteiger partial charge < -0.3 is 37.5 Å². The highest BCUT2D eigenvalue weighted by atomic mass is 16.4. The molecule has 0 radical (unpaired) electrons. The summed E-state index contributed by atoms with van der Waals surface area (Å²) >= 11 is 0. The standard InChI is InChI=1S/C17H29N7O5/c1-10(23-16(28)12(19)4-2-3-5-18)15(27)24-13(6-11-7-20-9-22-11)17(29)21-8-14(25)26/h7,9-10,12-13H,2-6,8,18-19H2,1H3,(H,20,22)(H,21,29)(H,23,28)(H,24,27)(H,25,26). The Morgan fingerprint density at radius 1 is 1.17 bits per heavy atom. The van der Waals surface area contributed by atoms with Crippen molar-refractivity contribution in [3.63, 3.8) is 0 Å². The van der Waals surface area contributed by atoms with Crippen LogP contribution in [0.1, 0.15) is 31.9 Å². The van der Waals surface area contributed by atoms with E-state index in [1.807, 2.05) is 0 Å². The number of carbonyl (C=O) groups excluding carboxylic acids is 3. The summed E-state index contributed by atoms with van der Waals surface area (Å²) in [6.07, 6.45) is 4.85. The van der Waals surface area contributed by atoms with Crippen molar-refractivity contribution in [1.82, 2.24) is 25.9 Å². The smallest absolute Gasteiger partial charge is 0.322 e. The maximum atomic E-state index is 12.4. The molecule has 0 aromatic carbocycles. The third-order valence-electron chi connectivity index (χ3n) is 4.08. The van der Waals surface area contributed by atoms with Gasteiger partial charge in [-0.15, -0.1) is 0 Å². The van der Waals surface area contributed by atoms with E-state index in [9.17, 15) is 19.2 Å². The molecule has 3 amide bonds. The van der Waals surface area contributed by atoms with Gasteiger partial charge in [0.25, 0.3) is 0 Å². The first-order valence-corrected chi connectivity index (χ1v) is 9.27. The summed E-state index contributed by atoms with van der Waals surface area (Å²) in [5.74, 6) is -2.98. The van der Waals surface area contributed by atoms with Crippen molar-refractivity contribution in [2.24, 2.45) is 11.5 Å². The van der Waals surface area contributed by atoms with E-state index < -0.39 is 48.4 Å². The molecule has 0 spiro atoms. The lowest BCUT2D eigenvalue weighted by atomic mass is 10.1. The van der Waals surface area contributed by atoms with Gasteiger partial charge in [-0.25, -0.2) is 4.98 Å². The summed E-state index contributed by atoms with van der Waals surface area (Å²) in [6.45, 7) is 1.38. The Morgan fingerprint density at radius 3 is 2.48 bits per heavy atom. The molecule has 9 N–H and O–H groups in total. The number of H-pyrrole nitrogens is 1. The van der Waals surface area contributed by atoms with Crippen molar-refractivity contribution in [2.45, 2.75) is 50.7 Å². The molecule has 0 saturated carbocycles. The lowest BCUT2D eigenvalue weighted by Crippen LogP contribution is -2.55. The molecular formula is C17H29N7O5. The number of hydrogen-bond acceptors (Lipinski definition) is 7. The lowest BCUT2D eigenvalue weighted by Gasteiger charge is -2.21. The Bertz CT molecular complexity index is 680. The molecule has 162 valence electrons. The van der Waals surface area contributed by atoms with Crippen LogP contribution < -0.4 is 27.4 Å². The van der Waals surface area contributed by atoms with Crippen molar-refractivity contribution in [3.05, 3.63) is 18.2 Å². The fraction of sp³-hybridized carbons (Fsp3) is 0.588. The maximum Gasteiger partial charge on any atom is 0.322 e. The van der Waals surface area contributed by atoms with Crippen LogP contribution in [0.3, 0.4) is 0 Å². The molecule has 1 rings (SSSR count). The van der Waals surface area contributed by atoms with Gasteiger partial charge in [0.1, 0.15) is 18.6 Å². The van der Waals surface area contributed by atoms with E-state index in [0.29, 0.717) is 25.1 Å². The number of unbranched alkanes of at least 4 members (excludes halogenated alkanes) is 1. The second-order valence-electron chi connectivity index (χ2n) is 6.57. The Labute approximate surface area is 168 Å². The van der Waals surface area contributed by atoms with Crippen LogP contribution in [0, 0.1) is 0 Å². The van der Waals surface area contributed by atoms with Crippen LogP contribution in [0.15, 0.2) is 12.5 Å². The molecule has 0 aliphatic rings. The van der Waals surface area contributed by atoms with Gasteiger partial charge in [-0.3, -0.25) is 19.2 Å². The highest BCUT2D eigenvalue weighted by Crippen LogP contribution is 2.01. The monoisotopic (exact) mass is 411 g/mol. The van der Waals surface area contributed by atoms with Crippen molar-refractivity contribution in [2.75, 3.05) is 13.1 Å². The van der Waals surface area contributed by atoms with Gasteiger partial charge in [0, 0.05) is 18.3 Å². The van der Waals surface area contributed by atoms with Gasteiger partial charge >= 0.3 is 5.97 Å². The molecule has 0 bridgehead atoms. The number of nitrogens with one attached hydrogen (secondary N) is 4. The zero-order valence-corrected chi connectivity index (χ0v) is 16.3. The van der Waals surface area contributed by atoms with Crippen LogP contribution in [-0.2, 0) is 25.6 Å². The summed E-state index contributed by atoms with van der Waals surface area (Å²) in [5, 5.41) is 16.0. The minimum absolute atomic E-state index is 0.0659. The molecule has 0 aliphatic heterocycles. The second-order valence-corrected chi connectivity index (χ2v) is 6.57. The van der Waals surface area contributed by atoms with Gasteiger partial charge in [0.15, 0.2) is 0 Å². The number of aromatic nitrogens is 2. The van der Waals surface area contributed by atoms with Crippen LogP contribution in [0.25, 0.3) is 0 Å². The predicted molar refractivity (Wildman–Crippen MR) is 103 cm³/mol. The topological polar surface area (TPSA) is 205 Å². The van der Waals surface area contributed by atoms with Crippen LogP contribution >= 0.6 is 0 Å². The molecule has 0 fully saturated rings. The van der Waals surface area contributed by atoms with E-state index in [1.54, 1.807) is 0 Å². The molecule has 0 aliphatic carbocycles. The molecule has 12 heteroatoms. The number of aliphatic carboxylic acids is 1. The quantitative estimate of drug-likeness (QED) is 0.174.